The van der Waals surface area contributed by atoms with Gasteiger partial charge in [-0.2, -0.15) is 19.6 Å². The molecule has 0 aliphatic carbocycles. The zero-order valence-electron chi connectivity index (χ0n) is 10.5. The highest BCUT2D eigenvalue weighted by Crippen LogP contribution is 2.20. The molecule has 102 valence electrons. The van der Waals surface area contributed by atoms with Gasteiger partial charge in [-0.05, 0) is 6.92 Å². The quantitative estimate of drug-likeness (QED) is 0.499. The summed E-state index contributed by atoms with van der Waals surface area (Å²) in [5.41, 5.74) is 0.631. The minimum Gasteiger partial charge on any atom is -0.463 e. The molecule has 0 aromatic carbocycles. The molecular formula is C10H8ClN7O2. The Balaban J connectivity index is 2.23. The molecule has 0 aliphatic heterocycles. The Kier molecular flexibility index (Phi) is 2.83. The molecule has 3 heterocycles. The van der Waals surface area contributed by atoms with E-state index in [0.29, 0.717) is 17.2 Å². The van der Waals surface area contributed by atoms with Crippen LogP contribution in [0.3, 0.4) is 0 Å². The van der Waals surface area contributed by atoms with Gasteiger partial charge < -0.3 is 4.74 Å². The topological polar surface area (TPSA) is 100 Å². The first-order chi connectivity index (χ1) is 9.61. The Labute approximate surface area is 117 Å². The highest BCUT2D eigenvalue weighted by Gasteiger charge is 2.18. The maximum atomic E-state index is 11.4. The van der Waals surface area contributed by atoms with Gasteiger partial charge in [0.05, 0.1) is 7.11 Å². The van der Waals surface area contributed by atoms with Crippen LogP contribution in [0.15, 0.2) is 12.7 Å². The lowest BCUT2D eigenvalue weighted by Crippen LogP contribution is -2.10. The highest BCUT2D eigenvalue weighted by molar-refractivity contribution is 6.30. The standard InChI is InChI=1S/C10H8ClN7O2/c1-5-6(11)15-10-12-3-14-18(10)8(5)17-4-13-7(16-17)9(19)20-2/h3-4H,1-2H3. The van der Waals surface area contributed by atoms with E-state index in [2.05, 4.69) is 29.9 Å². The first-order valence-electron chi connectivity index (χ1n) is 5.48. The van der Waals surface area contributed by atoms with Crippen LogP contribution >= 0.6 is 11.6 Å². The minimum absolute atomic E-state index is 0.0619. The second-order valence-corrected chi connectivity index (χ2v) is 4.19. The molecule has 0 atom stereocenters. The molecule has 0 bridgehead atoms. The van der Waals surface area contributed by atoms with E-state index in [0.717, 1.165) is 0 Å². The fraction of sp³-hybridized carbons (Fsp3) is 0.200. The molecule has 0 radical (unpaired) electrons. The number of halogens is 1. The van der Waals surface area contributed by atoms with Gasteiger partial charge in [0.2, 0.25) is 0 Å². The minimum atomic E-state index is -0.628. The zero-order valence-corrected chi connectivity index (χ0v) is 11.2. The summed E-state index contributed by atoms with van der Waals surface area (Å²) in [5, 5.41) is 8.36. The number of carbonyl (C=O) groups is 1. The number of fused-ring (bicyclic) bond motifs is 1. The van der Waals surface area contributed by atoms with Gasteiger partial charge in [-0.25, -0.2) is 14.5 Å². The average Bonchev–Trinajstić information content (AvgIpc) is 3.08. The number of esters is 1. The lowest BCUT2D eigenvalue weighted by molar-refractivity contribution is 0.0587. The molecule has 3 aromatic heterocycles. The molecule has 0 spiro atoms. The molecule has 0 fully saturated rings. The summed E-state index contributed by atoms with van der Waals surface area (Å²) in [7, 11) is 1.26. The summed E-state index contributed by atoms with van der Waals surface area (Å²) in [6.45, 7) is 1.76. The van der Waals surface area contributed by atoms with Crippen molar-refractivity contribution in [3.8, 4) is 5.82 Å². The second kappa shape index (κ2) is 4.53. The Morgan fingerprint density at radius 2 is 2.20 bits per heavy atom. The zero-order chi connectivity index (χ0) is 14.3. The molecule has 0 aliphatic rings. The molecule has 0 saturated heterocycles. The van der Waals surface area contributed by atoms with E-state index < -0.39 is 5.97 Å². The van der Waals surface area contributed by atoms with Crippen molar-refractivity contribution in [2.24, 2.45) is 0 Å². The molecule has 0 N–H and O–H groups in total. The van der Waals surface area contributed by atoms with Crippen molar-refractivity contribution in [2.75, 3.05) is 7.11 Å². The number of rotatable bonds is 2. The van der Waals surface area contributed by atoms with E-state index in [9.17, 15) is 4.79 Å². The first kappa shape index (κ1) is 12.5. The van der Waals surface area contributed by atoms with Gasteiger partial charge >= 0.3 is 5.97 Å². The van der Waals surface area contributed by atoms with Crippen LogP contribution < -0.4 is 0 Å². The third-order valence-electron chi connectivity index (χ3n) is 2.65. The summed E-state index contributed by atoms with van der Waals surface area (Å²) >= 11 is 6.05. The molecule has 3 rings (SSSR count). The van der Waals surface area contributed by atoms with Gasteiger partial charge in [0.1, 0.15) is 17.8 Å². The predicted octanol–water partition coefficient (Wildman–Crippen LogP) is 0.453. The fourth-order valence-electron chi connectivity index (χ4n) is 1.70. The molecule has 0 saturated carbocycles. The molecule has 9 nitrogen and oxygen atoms in total. The van der Waals surface area contributed by atoms with Crippen molar-refractivity contribution < 1.29 is 9.53 Å². The van der Waals surface area contributed by atoms with Crippen LogP contribution in [0.25, 0.3) is 11.6 Å². The van der Waals surface area contributed by atoms with Crippen molar-refractivity contribution in [1.82, 2.24) is 34.3 Å². The maximum absolute atomic E-state index is 11.4. The molecular weight excluding hydrogens is 286 g/mol. The number of methoxy groups -OCH3 is 1. The SMILES string of the molecule is COC(=O)c1ncn(-c2c(C)c(Cl)nc3ncnn23)n1. The Morgan fingerprint density at radius 1 is 1.40 bits per heavy atom. The highest BCUT2D eigenvalue weighted by atomic mass is 35.5. The lowest BCUT2D eigenvalue weighted by Gasteiger charge is -2.07. The van der Waals surface area contributed by atoms with Gasteiger partial charge in [0.15, 0.2) is 5.82 Å². The smallest absolute Gasteiger partial charge is 0.377 e. The fourth-order valence-corrected chi connectivity index (χ4v) is 1.86. The first-order valence-corrected chi connectivity index (χ1v) is 5.86. The van der Waals surface area contributed by atoms with Crippen LogP contribution in [0, 0.1) is 6.92 Å². The monoisotopic (exact) mass is 293 g/mol. The van der Waals surface area contributed by atoms with E-state index in [4.69, 9.17) is 11.6 Å². The van der Waals surface area contributed by atoms with Crippen LogP contribution in [0.5, 0.6) is 0 Å². The number of ether oxygens (including phenoxy) is 1. The van der Waals surface area contributed by atoms with Gasteiger partial charge in [0, 0.05) is 5.56 Å². The Morgan fingerprint density at radius 3 is 2.95 bits per heavy atom. The van der Waals surface area contributed by atoms with Crippen LogP contribution in [0.2, 0.25) is 5.15 Å². The molecule has 10 heteroatoms. The predicted molar refractivity (Wildman–Crippen MR) is 66.8 cm³/mol. The van der Waals surface area contributed by atoms with Crippen molar-refractivity contribution in [3.05, 3.63) is 29.2 Å². The van der Waals surface area contributed by atoms with Crippen molar-refractivity contribution in [3.63, 3.8) is 0 Å². The van der Waals surface area contributed by atoms with Crippen molar-refractivity contribution in [2.45, 2.75) is 6.92 Å². The van der Waals surface area contributed by atoms with Gasteiger partial charge in [0.25, 0.3) is 11.6 Å². The van der Waals surface area contributed by atoms with E-state index in [-0.39, 0.29) is 11.0 Å². The van der Waals surface area contributed by atoms with Gasteiger partial charge in [-0.1, -0.05) is 11.6 Å². The van der Waals surface area contributed by atoms with Gasteiger partial charge in [-0.3, -0.25) is 0 Å². The molecule has 3 aromatic rings. The van der Waals surface area contributed by atoms with E-state index in [1.54, 1.807) is 6.92 Å². The normalized spacial score (nSPS) is 10.9. The van der Waals surface area contributed by atoms with Crippen LogP contribution in [0.4, 0.5) is 0 Å². The van der Waals surface area contributed by atoms with Crippen LogP contribution in [0.1, 0.15) is 16.2 Å². The third-order valence-corrected chi connectivity index (χ3v) is 3.02. The van der Waals surface area contributed by atoms with Crippen LogP contribution in [-0.4, -0.2) is 47.4 Å². The number of hydrogen-bond acceptors (Lipinski definition) is 7. The Bertz CT molecular complexity index is 809. The number of hydrogen-bond donors (Lipinski definition) is 0. The lowest BCUT2D eigenvalue weighted by atomic mass is 10.3. The van der Waals surface area contributed by atoms with Gasteiger partial charge in [-0.15, -0.1) is 5.10 Å². The summed E-state index contributed by atoms with van der Waals surface area (Å²) in [4.78, 5) is 23.3. The van der Waals surface area contributed by atoms with Crippen LogP contribution in [-0.2, 0) is 4.74 Å². The largest absolute Gasteiger partial charge is 0.463 e. The molecule has 0 amide bonds. The maximum Gasteiger partial charge on any atom is 0.377 e. The third kappa shape index (κ3) is 1.79. The summed E-state index contributed by atoms with van der Waals surface area (Å²) in [6.07, 6.45) is 2.71. The number of nitrogens with zero attached hydrogens (tertiary/aromatic N) is 7. The summed E-state index contributed by atoms with van der Waals surface area (Å²) in [6, 6.07) is 0. The second-order valence-electron chi connectivity index (χ2n) is 3.83. The average molecular weight is 294 g/mol. The molecule has 20 heavy (non-hydrogen) atoms. The Hall–Kier alpha value is -2.55. The summed E-state index contributed by atoms with van der Waals surface area (Å²) < 4.78 is 7.39. The van der Waals surface area contributed by atoms with E-state index in [1.807, 2.05) is 0 Å². The number of aromatic nitrogens is 7. The van der Waals surface area contributed by atoms with E-state index in [1.165, 1.54) is 29.0 Å². The number of carbonyl (C=O) groups excluding carboxylic acids is 1. The van der Waals surface area contributed by atoms with Crippen molar-refractivity contribution >= 4 is 23.3 Å². The van der Waals surface area contributed by atoms with E-state index >= 15 is 0 Å². The van der Waals surface area contributed by atoms with Crippen molar-refractivity contribution in [1.29, 1.82) is 0 Å². The molecule has 0 unspecified atom stereocenters. The summed E-state index contributed by atoms with van der Waals surface area (Å²) in [5.74, 6) is 0.135.